The third-order valence-corrected chi connectivity index (χ3v) is 2.65. The van der Waals surface area contributed by atoms with Crippen LogP contribution in [0.5, 0.6) is 0 Å². The minimum atomic E-state index is -0.349. The fourth-order valence-corrected chi connectivity index (χ4v) is 1.55. The van der Waals surface area contributed by atoms with E-state index in [-0.39, 0.29) is 18.5 Å². The average molecular weight is 255 g/mol. The van der Waals surface area contributed by atoms with Crippen molar-refractivity contribution < 1.29 is 14.6 Å². The van der Waals surface area contributed by atoms with Gasteiger partial charge in [0, 0.05) is 26.7 Å². The molecule has 0 bridgehead atoms. The van der Waals surface area contributed by atoms with E-state index in [1.165, 1.54) is 6.20 Å². The Morgan fingerprint density at radius 2 is 2.39 bits per heavy atom. The summed E-state index contributed by atoms with van der Waals surface area (Å²) in [6.07, 6.45) is 1.52. The van der Waals surface area contributed by atoms with Crippen molar-refractivity contribution in [3.8, 4) is 0 Å². The number of nitrogens with one attached hydrogen (secondary N) is 1. The number of hydrogen-bond acceptors (Lipinski definition) is 5. The fraction of sp³-hybridized carbons (Fsp3) is 0.667. The number of esters is 1. The summed E-state index contributed by atoms with van der Waals surface area (Å²) in [5, 5.41) is 16.2. The van der Waals surface area contributed by atoms with Crippen molar-refractivity contribution in [3.05, 3.63) is 17.5 Å². The van der Waals surface area contributed by atoms with E-state index in [1.54, 1.807) is 18.7 Å². The molecule has 6 nitrogen and oxygen atoms in total. The van der Waals surface area contributed by atoms with E-state index in [0.717, 1.165) is 5.69 Å². The third-order valence-electron chi connectivity index (χ3n) is 2.65. The first-order valence-electron chi connectivity index (χ1n) is 6.09. The van der Waals surface area contributed by atoms with Gasteiger partial charge in [0.2, 0.25) is 0 Å². The van der Waals surface area contributed by atoms with Gasteiger partial charge in [-0.05, 0) is 12.8 Å². The van der Waals surface area contributed by atoms with Gasteiger partial charge in [0.05, 0.1) is 18.5 Å². The van der Waals surface area contributed by atoms with E-state index < -0.39 is 0 Å². The Balaban J connectivity index is 2.64. The summed E-state index contributed by atoms with van der Waals surface area (Å²) < 4.78 is 6.63. The van der Waals surface area contributed by atoms with Gasteiger partial charge in [0.25, 0.3) is 0 Å². The maximum Gasteiger partial charge on any atom is 0.341 e. The van der Waals surface area contributed by atoms with Crippen LogP contribution < -0.4 is 5.32 Å². The molecular weight excluding hydrogens is 234 g/mol. The number of aryl methyl sites for hydroxylation is 1. The highest BCUT2D eigenvalue weighted by molar-refractivity contribution is 5.90. The SMILES string of the molecule is CCOC(=O)c1cnn(C)c1CNCC(C)CO. The van der Waals surface area contributed by atoms with Crippen LogP contribution in [0.2, 0.25) is 0 Å². The van der Waals surface area contributed by atoms with E-state index in [1.807, 2.05) is 6.92 Å². The van der Waals surface area contributed by atoms with Crippen molar-refractivity contribution in [2.45, 2.75) is 20.4 Å². The standard InChI is InChI=1S/C12H21N3O3/c1-4-18-12(17)10-6-14-15(3)11(10)7-13-5-9(2)8-16/h6,9,13,16H,4-5,7-8H2,1-3H3. The number of rotatable bonds is 7. The molecule has 1 unspecified atom stereocenters. The fourth-order valence-electron chi connectivity index (χ4n) is 1.55. The minimum Gasteiger partial charge on any atom is -0.462 e. The first kappa shape index (κ1) is 14.7. The van der Waals surface area contributed by atoms with Gasteiger partial charge in [-0.25, -0.2) is 4.79 Å². The summed E-state index contributed by atoms with van der Waals surface area (Å²) >= 11 is 0. The smallest absolute Gasteiger partial charge is 0.341 e. The van der Waals surface area contributed by atoms with Crippen LogP contribution in [0.1, 0.15) is 29.9 Å². The van der Waals surface area contributed by atoms with Crippen LogP contribution in [0.15, 0.2) is 6.20 Å². The molecule has 0 aromatic carbocycles. The molecule has 0 saturated heterocycles. The highest BCUT2D eigenvalue weighted by atomic mass is 16.5. The van der Waals surface area contributed by atoms with Crippen molar-refractivity contribution in [2.24, 2.45) is 13.0 Å². The lowest BCUT2D eigenvalue weighted by Crippen LogP contribution is -2.25. The maximum absolute atomic E-state index is 11.7. The zero-order chi connectivity index (χ0) is 13.5. The summed E-state index contributed by atoms with van der Waals surface area (Å²) in [5.74, 6) is -0.165. The van der Waals surface area contributed by atoms with Gasteiger partial charge in [0.15, 0.2) is 0 Å². The lowest BCUT2D eigenvalue weighted by Gasteiger charge is -2.10. The van der Waals surface area contributed by atoms with E-state index in [2.05, 4.69) is 10.4 Å². The van der Waals surface area contributed by atoms with E-state index in [0.29, 0.717) is 25.3 Å². The number of ether oxygens (including phenoxy) is 1. The molecule has 1 atom stereocenters. The van der Waals surface area contributed by atoms with Crippen LogP contribution in [-0.2, 0) is 18.3 Å². The summed E-state index contributed by atoms with van der Waals surface area (Å²) in [4.78, 5) is 11.7. The molecule has 6 heteroatoms. The monoisotopic (exact) mass is 255 g/mol. The summed E-state index contributed by atoms with van der Waals surface area (Å²) in [5.41, 5.74) is 1.28. The molecule has 0 aliphatic heterocycles. The molecule has 1 aromatic rings. The molecule has 1 aromatic heterocycles. The van der Waals surface area contributed by atoms with Gasteiger partial charge in [0.1, 0.15) is 5.56 Å². The van der Waals surface area contributed by atoms with Crippen molar-refractivity contribution in [1.82, 2.24) is 15.1 Å². The maximum atomic E-state index is 11.7. The van der Waals surface area contributed by atoms with Crippen LogP contribution in [0.4, 0.5) is 0 Å². The number of carbonyl (C=O) groups excluding carboxylic acids is 1. The third kappa shape index (κ3) is 3.82. The number of aliphatic hydroxyl groups excluding tert-OH is 1. The predicted octanol–water partition coefficient (Wildman–Crippen LogP) is 0.315. The highest BCUT2D eigenvalue weighted by Crippen LogP contribution is 2.09. The van der Waals surface area contributed by atoms with Crippen LogP contribution in [0.25, 0.3) is 0 Å². The number of nitrogens with zero attached hydrogens (tertiary/aromatic N) is 2. The largest absolute Gasteiger partial charge is 0.462 e. The van der Waals surface area contributed by atoms with Crippen molar-refractivity contribution in [3.63, 3.8) is 0 Å². The molecule has 0 fully saturated rings. The minimum absolute atomic E-state index is 0.142. The van der Waals surface area contributed by atoms with Gasteiger partial charge in [-0.15, -0.1) is 0 Å². The first-order chi connectivity index (χ1) is 8.60. The number of hydrogen-bond donors (Lipinski definition) is 2. The average Bonchev–Trinajstić information content (AvgIpc) is 2.71. The lowest BCUT2D eigenvalue weighted by atomic mass is 10.2. The molecule has 0 radical (unpaired) electrons. The molecule has 2 N–H and O–H groups in total. The molecule has 1 rings (SSSR count). The number of aliphatic hydroxyl groups is 1. The van der Waals surface area contributed by atoms with E-state index in [4.69, 9.17) is 9.84 Å². The molecule has 0 saturated carbocycles. The quantitative estimate of drug-likeness (QED) is 0.686. The second kappa shape index (κ2) is 7.13. The first-order valence-corrected chi connectivity index (χ1v) is 6.09. The summed E-state index contributed by atoms with van der Waals surface area (Å²) in [6, 6.07) is 0. The van der Waals surface area contributed by atoms with Crippen molar-refractivity contribution in [1.29, 1.82) is 0 Å². The van der Waals surface area contributed by atoms with E-state index in [9.17, 15) is 4.79 Å². The topological polar surface area (TPSA) is 76.4 Å². The van der Waals surface area contributed by atoms with Gasteiger partial charge < -0.3 is 15.2 Å². The summed E-state index contributed by atoms with van der Waals surface area (Å²) in [6.45, 7) is 5.42. The number of carbonyl (C=O) groups is 1. The Labute approximate surface area is 107 Å². The van der Waals surface area contributed by atoms with Crippen molar-refractivity contribution >= 4 is 5.97 Å². The zero-order valence-corrected chi connectivity index (χ0v) is 11.1. The Hall–Kier alpha value is -1.40. The molecule has 0 aliphatic carbocycles. The van der Waals surface area contributed by atoms with E-state index >= 15 is 0 Å². The highest BCUT2D eigenvalue weighted by Gasteiger charge is 2.16. The molecule has 0 amide bonds. The van der Waals surface area contributed by atoms with Gasteiger partial charge >= 0.3 is 5.97 Å². The van der Waals surface area contributed by atoms with Crippen molar-refractivity contribution in [2.75, 3.05) is 19.8 Å². The van der Waals surface area contributed by atoms with Gasteiger partial charge in [-0.1, -0.05) is 6.92 Å². The Bertz CT molecular complexity index is 390. The predicted molar refractivity (Wildman–Crippen MR) is 67.1 cm³/mol. The van der Waals surface area contributed by atoms with Gasteiger partial charge in [-0.3, -0.25) is 4.68 Å². The van der Waals surface area contributed by atoms with Crippen LogP contribution in [0, 0.1) is 5.92 Å². The zero-order valence-electron chi connectivity index (χ0n) is 11.1. The molecule has 1 heterocycles. The van der Waals surface area contributed by atoms with Crippen LogP contribution >= 0.6 is 0 Å². The lowest BCUT2D eigenvalue weighted by molar-refractivity contribution is 0.0524. The molecule has 18 heavy (non-hydrogen) atoms. The van der Waals surface area contributed by atoms with Crippen LogP contribution in [0.3, 0.4) is 0 Å². The Morgan fingerprint density at radius 1 is 1.67 bits per heavy atom. The summed E-state index contributed by atoms with van der Waals surface area (Å²) in [7, 11) is 1.79. The molecule has 0 aliphatic rings. The Morgan fingerprint density at radius 3 is 3.00 bits per heavy atom. The molecular formula is C12H21N3O3. The normalized spacial score (nSPS) is 12.4. The molecule has 102 valence electrons. The number of aromatic nitrogens is 2. The second-order valence-corrected chi connectivity index (χ2v) is 4.27. The van der Waals surface area contributed by atoms with Crippen LogP contribution in [-0.4, -0.2) is 40.6 Å². The second-order valence-electron chi connectivity index (χ2n) is 4.27. The molecule has 0 spiro atoms. The Kier molecular flexibility index (Phi) is 5.80. The van der Waals surface area contributed by atoms with Gasteiger partial charge in [-0.2, -0.15) is 5.10 Å².